The molecule has 1 N–H and O–H groups in total. The molecule has 0 saturated heterocycles. The Hall–Kier alpha value is -0.570. The Morgan fingerprint density at radius 3 is 2.62 bits per heavy atom. The summed E-state index contributed by atoms with van der Waals surface area (Å²) in [6.45, 7) is 6.44. The number of hydrogen-bond donors (Lipinski definition) is 1. The summed E-state index contributed by atoms with van der Waals surface area (Å²) >= 11 is 5.91. The molecule has 1 aromatic carbocycles. The van der Waals surface area contributed by atoms with E-state index in [0.717, 1.165) is 12.0 Å². The highest BCUT2D eigenvalue weighted by Crippen LogP contribution is 2.32. The first-order chi connectivity index (χ1) is 7.53. The van der Waals surface area contributed by atoms with Gasteiger partial charge in [-0.1, -0.05) is 30.7 Å². The number of hydrogen-bond acceptors (Lipinski definition) is 2. The molecule has 1 rings (SSSR count). The number of ether oxygens (including phenoxy) is 1. The molecular weight excluding hydrogens is 224 g/mol. The van der Waals surface area contributed by atoms with Gasteiger partial charge in [0.05, 0.1) is 5.60 Å². The molecule has 0 amide bonds. The summed E-state index contributed by atoms with van der Waals surface area (Å²) in [7, 11) is 0. The second-order valence-corrected chi connectivity index (χ2v) is 4.49. The summed E-state index contributed by atoms with van der Waals surface area (Å²) in [4.78, 5) is 0. The van der Waals surface area contributed by atoms with Crippen LogP contribution in [0.3, 0.4) is 0 Å². The molecule has 16 heavy (non-hydrogen) atoms. The molecule has 0 aliphatic heterocycles. The van der Waals surface area contributed by atoms with Crippen LogP contribution in [-0.2, 0) is 4.74 Å². The molecule has 2 nitrogen and oxygen atoms in total. The Morgan fingerprint density at radius 2 is 2.12 bits per heavy atom. The molecule has 0 aliphatic carbocycles. The van der Waals surface area contributed by atoms with Gasteiger partial charge in [-0.25, -0.2) is 0 Å². The number of aliphatic hydroxyl groups excluding tert-OH is 1. The smallest absolute Gasteiger partial charge is 0.108 e. The van der Waals surface area contributed by atoms with Crippen LogP contribution in [0, 0.1) is 0 Å². The molecule has 2 unspecified atom stereocenters. The third-order valence-corrected chi connectivity index (χ3v) is 3.15. The Morgan fingerprint density at radius 1 is 1.44 bits per heavy atom. The second-order valence-electron chi connectivity index (χ2n) is 4.06. The van der Waals surface area contributed by atoms with Gasteiger partial charge in [0.1, 0.15) is 6.10 Å². The Bertz CT molecular complexity index is 340. The van der Waals surface area contributed by atoms with Gasteiger partial charge in [0.15, 0.2) is 0 Å². The van der Waals surface area contributed by atoms with Crippen LogP contribution in [0.25, 0.3) is 0 Å². The molecule has 1 aromatic rings. The quantitative estimate of drug-likeness (QED) is 0.855. The average molecular weight is 243 g/mol. The third kappa shape index (κ3) is 2.97. The molecule has 0 saturated carbocycles. The normalized spacial score (nSPS) is 16.8. The van der Waals surface area contributed by atoms with Crippen molar-refractivity contribution >= 4 is 11.6 Å². The van der Waals surface area contributed by atoms with Crippen LogP contribution in [-0.4, -0.2) is 17.3 Å². The summed E-state index contributed by atoms with van der Waals surface area (Å²) in [5, 5.41) is 10.9. The van der Waals surface area contributed by atoms with Gasteiger partial charge in [-0.15, -0.1) is 0 Å². The van der Waals surface area contributed by atoms with Crippen LogP contribution in [0.4, 0.5) is 0 Å². The monoisotopic (exact) mass is 242 g/mol. The van der Waals surface area contributed by atoms with E-state index in [0.29, 0.717) is 11.6 Å². The zero-order valence-corrected chi connectivity index (χ0v) is 10.8. The van der Waals surface area contributed by atoms with Crippen LogP contribution in [0.5, 0.6) is 0 Å². The van der Waals surface area contributed by atoms with Crippen LogP contribution in [0.2, 0.25) is 5.02 Å². The minimum absolute atomic E-state index is 0.556. The Kier molecular flexibility index (Phi) is 4.78. The van der Waals surface area contributed by atoms with E-state index >= 15 is 0 Å². The third-order valence-electron chi connectivity index (χ3n) is 2.92. The van der Waals surface area contributed by atoms with Crippen molar-refractivity contribution in [1.82, 2.24) is 0 Å². The van der Waals surface area contributed by atoms with Crippen molar-refractivity contribution in [3.63, 3.8) is 0 Å². The lowest BCUT2D eigenvalue weighted by molar-refractivity contribution is -0.113. The summed E-state index contributed by atoms with van der Waals surface area (Å²) in [6, 6.07) is 7.27. The standard InChI is InChI=1S/C13H19ClO2/c1-4-13(3,16-5-2)12(15)10-7-6-8-11(14)9-10/h6-9,12,15H,4-5H2,1-3H3. The first-order valence-electron chi connectivity index (χ1n) is 5.61. The molecule has 0 aliphatic rings. The number of aliphatic hydroxyl groups is 1. The molecule has 0 fully saturated rings. The van der Waals surface area contributed by atoms with E-state index in [2.05, 4.69) is 0 Å². The van der Waals surface area contributed by atoms with Gasteiger partial charge in [0.25, 0.3) is 0 Å². The van der Waals surface area contributed by atoms with E-state index in [1.807, 2.05) is 32.9 Å². The highest BCUT2D eigenvalue weighted by molar-refractivity contribution is 6.30. The van der Waals surface area contributed by atoms with Crippen molar-refractivity contribution < 1.29 is 9.84 Å². The maximum Gasteiger partial charge on any atom is 0.108 e. The Balaban J connectivity index is 2.94. The predicted molar refractivity (Wildman–Crippen MR) is 66.7 cm³/mol. The lowest BCUT2D eigenvalue weighted by atomic mass is 9.90. The largest absolute Gasteiger partial charge is 0.385 e. The SMILES string of the molecule is CCOC(C)(CC)C(O)c1cccc(Cl)c1. The van der Waals surface area contributed by atoms with Gasteiger partial charge in [-0.05, 0) is 38.0 Å². The fourth-order valence-electron chi connectivity index (χ4n) is 1.73. The summed E-state index contributed by atoms with van der Waals surface area (Å²) in [5.74, 6) is 0. The zero-order chi connectivity index (χ0) is 12.2. The predicted octanol–water partition coefficient (Wildman–Crippen LogP) is 3.58. The number of halogens is 1. The van der Waals surface area contributed by atoms with Gasteiger partial charge in [-0.3, -0.25) is 0 Å². The van der Waals surface area contributed by atoms with E-state index < -0.39 is 11.7 Å². The van der Waals surface area contributed by atoms with E-state index in [-0.39, 0.29) is 0 Å². The zero-order valence-electron chi connectivity index (χ0n) is 10.0. The van der Waals surface area contributed by atoms with Gasteiger partial charge in [0, 0.05) is 11.6 Å². The minimum Gasteiger partial charge on any atom is -0.385 e. The first kappa shape index (κ1) is 13.5. The highest BCUT2D eigenvalue weighted by atomic mass is 35.5. The fraction of sp³-hybridized carbons (Fsp3) is 0.538. The molecule has 0 heterocycles. The van der Waals surface area contributed by atoms with E-state index in [1.54, 1.807) is 12.1 Å². The highest BCUT2D eigenvalue weighted by Gasteiger charge is 2.32. The van der Waals surface area contributed by atoms with E-state index in [4.69, 9.17) is 16.3 Å². The average Bonchev–Trinajstić information content (AvgIpc) is 2.28. The first-order valence-corrected chi connectivity index (χ1v) is 5.98. The maximum absolute atomic E-state index is 10.3. The van der Waals surface area contributed by atoms with E-state index in [9.17, 15) is 5.11 Å². The molecule has 0 bridgehead atoms. The summed E-state index contributed by atoms with van der Waals surface area (Å²) < 4.78 is 5.64. The summed E-state index contributed by atoms with van der Waals surface area (Å²) in [5.41, 5.74) is 0.240. The van der Waals surface area contributed by atoms with Crippen molar-refractivity contribution in [3.8, 4) is 0 Å². The molecule has 90 valence electrons. The maximum atomic E-state index is 10.3. The second kappa shape index (κ2) is 5.67. The topological polar surface area (TPSA) is 29.5 Å². The van der Waals surface area contributed by atoms with Gasteiger partial charge in [0.2, 0.25) is 0 Å². The van der Waals surface area contributed by atoms with Crippen LogP contribution in [0.1, 0.15) is 38.9 Å². The molecule has 0 radical (unpaired) electrons. The van der Waals surface area contributed by atoms with Crippen molar-refractivity contribution in [2.75, 3.05) is 6.61 Å². The van der Waals surface area contributed by atoms with Crippen LogP contribution < -0.4 is 0 Å². The minimum atomic E-state index is -0.656. The summed E-state index contributed by atoms with van der Waals surface area (Å²) in [6.07, 6.45) is 0.0882. The van der Waals surface area contributed by atoms with Gasteiger partial charge < -0.3 is 9.84 Å². The van der Waals surface area contributed by atoms with Gasteiger partial charge in [-0.2, -0.15) is 0 Å². The number of rotatable bonds is 5. The number of benzene rings is 1. The van der Waals surface area contributed by atoms with Crippen molar-refractivity contribution in [1.29, 1.82) is 0 Å². The molecule has 3 heteroatoms. The van der Waals surface area contributed by atoms with E-state index in [1.165, 1.54) is 0 Å². The lowest BCUT2D eigenvalue weighted by Crippen LogP contribution is -2.35. The molecule has 0 aromatic heterocycles. The fourth-order valence-corrected chi connectivity index (χ4v) is 1.93. The Labute approximate surface area is 102 Å². The lowest BCUT2D eigenvalue weighted by Gasteiger charge is -2.33. The molecule has 2 atom stereocenters. The van der Waals surface area contributed by atoms with Crippen LogP contribution >= 0.6 is 11.6 Å². The molecular formula is C13H19ClO2. The van der Waals surface area contributed by atoms with Crippen molar-refractivity contribution in [3.05, 3.63) is 34.9 Å². The molecule has 0 spiro atoms. The van der Waals surface area contributed by atoms with Crippen molar-refractivity contribution in [2.45, 2.75) is 38.9 Å². The van der Waals surface area contributed by atoms with Gasteiger partial charge >= 0.3 is 0 Å². The van der Waals surface area contributed by atoms with Crippen LogP contribution in [0.15, 0.2) is 24.3 Å². The van der Waals surface area contributed by atoms with Crippen molar-refractivity contribution in [2.24, 2.45) is 0 Å².